The molecule has 0 spiro atoms. The number of rotatable bonds is 9. The molecular weight excluding hydrogens is 310 g/mol. The van der Waals surface area contributed by atoms with Crippen molar-refractivity contribution in [3.8, 4) is 0 Å². The summed E-state index contributed by atoms with van der Waals surface area (Å²) in [7, 11) is 0. The quantitative estimate of drug-likeness (QED) is 0.477. The fourth-order valence-electron chi connectivity index (χ4n) is 2.61. The first-order chi connectivity index (χ1) is 11.2. The molecule has 0 aromatic rings. The Morgan fingerprint density at radius 2 is 1.67 bits per heavy atom. The number of hydrogen-bond donors (Lipinski definition) is 2. The third-order valence-electron chi connectivity index (χ3n) is 4.01. The van der Waals surface area contributed by atoms with E-state index in [2.05, 4.69) is 10.6 Å². The van der Waals surface area contributed by atoms with Crippen LogP contribution in [0.3, 0.4) is 0 Å². The number of imide groups is 1. The Kier molecular flexibility index (Phi) is 7.88. The Bertz CT molecular complexity index is 488. The summed E-state index contributed by atoms with van der Waals surface area (Å²) in [6.07, 6.45) is 0.784. The van der Waals surface area contributed by atoms with Crippen LogP contribution in [0.5, 0.6) is 0 Å². The maximum atomic E-state index is 12.1. The highest BCUT2D eigenvalue weighted by Crippen LogP contribution is 2.26. The van der Waals surface area contributed by atoms with Gasteiger partial charge in [-0.15, -0.1) is 0 Å². The number of amides is 4. The molecular formula is C17H29N3O4. The van der Waals surface area contributed by atoms with Crippen molar-refractivity contribution in [2.75, 3.05) is 19.6 Å². The zero-order valence-electron chi connectivity index (χ0n) is 15.1. The first-order valence-electron chi connectivity index (χ1n) is 8.60. The van der Waals surface area contributed by atoms with E-state index in [4.69, 9.17) is 0 Å². The van der Waals surface area contributed by atoms with Gasteiger partial charge in [-0.25, -0.2) is 0 Å². The monoisotopic (exact) mass is 339 g/mol. The standard InChI is InChI=1S/C17H29N3O4/c1-11(2)9-15(22)19-7-6-18-14(21)5-8-20-16(23)10-13(12(3)4)17(20)24/h11-13H,5-10H2,1-4H3,(H,18,21)(H,19,22). The van der Waals surface area contributed by atoms with E-state index in [0.29, 0.717) is 25.4 Å². The summed E-state index contributed by atoms with van der Waals surface area (Å²) in [6, 6.07) is 0. The van der Waals surface area contributed by atoms with Gasteiger partial charge in [0, 0.05) is 44.8 Å². The molecule has 0 radical (unpaired) electrons. The number of likely N-dealkylation sites (tertiary alicyclic amines) is 1. The van der Waals surface area contributed by atoms with Gasteiger partial charge in [0.05, 0.1) is 0 Å². The minimum Gasteiger partial charge on any atom is -0.354 e. The Morgan fingerprint density at radius 1 is 1.08 bits per heavy atom. The molecule has 1 heterocycles. The normalized spacial score (nSPS) is 17.8. The molecule has 1 fully saturated rings. The molecule has 4 amide bonds. The van der Waals surface area contributed by atoms with Crippen molar-refractivity contribution >= 4 is 23.6 Å². The van der Waals surface area contributed by atoms with E-state index in [0.717, 1.165) is 0 Å². The Balaban J connectivity index is 2.23. The summed E-state index contributed by atoms with van der Waals surface area (Å²) < 4.78 is 0. The van der Waals surface area contributed by atoms with Crippen molar-refractivity contribution in [1.29, 1.82) is 0 Å². The minimum atomic E-state index is -0.267. The lowest BCUT2D eigenvalue weighted by Gasteiger charge is -2.16. The van der Waals surface area contributed by atoms with Gasteiger partial charge in [-0.1, -0.05) is 27.7 Å². The first-order valence-corrected chi connectivity index (χ1v) is 8.60. The second kappa shape index (κ2) is 9.39. The summed E-state index contributed by atoms with van der Waals surface area (Å²) >= 11 is 0. The molecule has 0 bridgehead atoms. The van der Waals surface area contributed by atoms with Crippen LogP contribution in [0.2, 0.25) is 0 Å². The maximum absolute atomic E-state index is 12.1. The first kappa shape index (κ1) is 20.1. The predicted molar refractivity (Wildman–Crippen MR) is 89.8 cm³/mol. The van der Waals surface area contributed by atoms with Crippen LogP contribution in [-0.2, 0) is 19.2 Å². The van der Waals surface area contributed by atoms with Crippen LogP contribution < -0.4 is 10.6 Å². The molecule has 1 atom stereocenters. The number of hydrogen-bond acceptors (Lipinski definition) is 4. The van der Waals surface area contributed by atoms with Crippen LogP contribution in [0.1, 0.15) is 47.0 Å². The van der Waals surface area contributed by atoms with E-state index in [1.54, 1.807) is 0 Å². The SMILES string of the molecule is CC(C)CC(=O)NCCNC(=O)CCN1C(=O)CC(C(C)C)C1=O. The van der Waals surface area contributed by atoms with Crippen LogP contribution in [0.4, 0.5) is 0 Å². The van der Waals surface area contributed by atoms with Gasteiger partial charge in [-0.05, 0) is 11.8 Å². The van der Waals surface area contributed by atoms with Crippen molar-refractivity contribution in [2.45, 2.75) is 47.0 Å². The molecule has 0 aromatic carbocycles. The molecule has 1 aliphatic heterocycles. The molecule has 1 saturated heterocycles. The van der Waals surface area contributed by atoms with Crippen LogP contribution in [0.15, 0.2) is 0 Å². The highest BCUT2D eigenvalue weighted by Gasteiger charge is 2.39. The van der Waals surface area contributed by atoms with Crippen molar-refractivity contribution in [3.63, 3.8) is 0 Å². The number of carbonyl (C=O) groups is 4. The largest absolute Gasteiger partial charge is 0.354 e. The third-order valence-corrected chi connectivity index (χ3v) is 4.01. The summed E-state index contributed by atoms with van der Waals surface area (Å²) in [4.78, 5) is 48.4. The van der Waals surface area contributed by atoms with Gasteiger partial charge >= 0.3 is 0 Å². The van der Waals surface area contributed by atoms with Crippen molar-refractivity contribution in [2.24, 2.45) is 17.8 Å². The fraction of sp³-hybridized carbons (Fsp3) is 0.765. The molecule has 136 valence electrons. The van der Waals surface area contributed by atoms with Crippen molar-refractivity contribution < 1.29 is 19.2 Å². The molecule has 7 heteroatoms. The predicted octanol–water partition coefficient (Wildman–Crippen LogP) is 0.686. The zero-order valence-corrected chi connectivity index (χ0v) is 15.1. The molecule has 2 N–H and O–H groups in total. The maximum Gasteiger partial charge on any atom is 0.233 e. The van der Waals surface area contributed by atoms with Gasteiger partial charge in [0.25, 0.3) is 0 Å². The topological polar surface area (TPSA) is 95.6 Å². The van der Waals surface area contributed by atoms with E-state index in [1.807, 2.05) is 27.7 Å². The zero-order chi connectivity index (χ0) is 18.3. The van der Waals surface area contributed by atoms with E-state index in [9.17, 15) is 19.2 Å². The highest BCUT2D eigenvalue weighted by molar-refractivity contribution is 6.03. The van der Waals surface area contributed by atoms with E-state index < -0.39 is 0 Å². The smallest absolute Gasteiger partial charge is 0.233 e. The second-order valence-corrected chi connectivity index (χ2v) is 6.99. The lowest BCUT2D eigenvalue weighted by molar-refractivity contribution is -0.140. The molecule has 0 aromatic heterocycles. The Labute approximate surface area is 143 Å². The fourth-order valence-corrected chi connectivity index (χ4v) is 2.61. The van der Waals surface area contributed by atoms with Crippen LogP contribution in [-0.4, -0.2) is 48.2 Å². The molecule has 0 saturated carbocycles. The second-order valence-electron chi connectivity index (χ2n) is 6.99. The Hall–Kier alpha value is -1.92. The van der Waals surface area contributed by atoms with Crippen molar-refractivity contribution in [3.05, 3.63) is 0 Å². The van der Waals surface area contributed by atoms with Gasteiger partial charge in [0.15, 0.2) is 0 Å². The molecule has 1 rings (SSSR count). The summed E-state index contributed by atoms with van der Waals surface area (Å²) in [5.74, 6) is -0.499. The third kappa shape index (κ3) is 6.29. The van der Waals surface area contributed by atoms with E-state index >= 15 is 0 Å². The van der Waals surface area contributed by atoms with E-state index in [1.165, 1.54) is 4.90 Å². The number of carbonyl (C=O) groups excluding carboxylic acids is 4. The molecule has 1 aliphatic rings. The molecule has 0 aliphatic carbocycles. The van der Waals surface area contributed by atoms with Gasteiger partial charge in [0.2, 0.25) is 23.6 Å². The van der Waals surface area contributed by atoms with E-state index in [-0.39, 0.29) is 54.9 Å². The number of nitrogens with zero attached hydrogens (tertiary/aromatic N) is 1. The summed E-state index contributed by atoms with van der Waals surface area (Å²) in [5.41, 5.74) is 0. The highest BCUT2D eigenvalue weighted by atomic mass is 16.2. The van der Waals surface area contributed by atoms with Crippen molar-refractivity contribution in [1.82, 2.24) is 15.5 Å². The van der Waals surface area contributed by atoms with Crippen LogP contribution >= 0.6 is 0 Å². The summed E-state index contributed by atoms with van der Waals surface area (Å²) in [5, 5.41) is 5.40. The van der Waals surface area contributed by atoms with Gasteiger partial charge in [-0.2, -0.15) is 0 Å². The average Bonchev–Trinajstić information content (AvgIpc) is 2.76. The number of nitrogens with one attached hydrogen (secondary N) is 2. The Morgan fingerprint density at radius 3 is 2.17 bits per heavy atom. The average molecular weight is 339 g/mol. The molecule has 7 nitrogen and oxygen atoms in total. The summed E-state index contributed by atoms with van der Waals surface area (Å²) in [6.45, 7) is 8.58. The lowest BCUT2D eigenvalue weighted by atomic mass is 9.94. The van der Waals surface area contributed by atoms with Gasteiger partial charge in [0.1, 0.15) is 0 Å². The lowest BCUT2D eigenvalue weighted by Crippen LogP contribution is -2.38. The minimum absolute atomic E-state index is 0.0350. The van der Waals surface area contributed by atoms with Crippen LogP contribution in [0, 0.1) is 17.8 Å². The molecule has 24 heavy (non-hydrogen) atoms. The molecule has 1 unspecified atom stereocenters. The van der Waals surface area contributed by atoms with Gasteiger partial charge in [-0.3, -0.25) is 24.1 Å². The van der Waals surface area contributed by atoms with Crippen LogP contribution in [0.25, 0.3) is 0 Å². The van der Waals surface area contributed by atoms with Gasteiger partial charge < -0.3 is 10.6 Å².